The van der Waals surface area contributed by atoms with Crippen molar-refractivity contribution < 1.29 is 19.5 Å². The van der Waals surface area contributed by atoms with Crippen molar-refractivity contribution >= 4 is 17.9 Å². The van der Waals surface area contributed by atoms with Gasteiger partial charge in [-0.25, -0.2) is 9.59 Å². The van der Waals surface area contributed by atoms with Crippen LogP contribution in [0.3, 0.4) is 0 Å². The second-order valence-electron chi connectivity index (χ2n) is 4.23. The Morgan fingerprint density at radius 1 is 1.50 bits per heavy atom. The lowest BCUT2D eigenvalue weighted by atomic mass is 10.2. The summed E-state index contributed by atoms with van der Waals surface area (Å²) < 4.78 is 1.64. The molecule has 0 aliphatic carbocycles. The Bertz CT molecular complexity index is 499. The summed E-state index contributed by atoms with van der Waals surface area (Å²) in [7, 11) is 1.78. The van der Waals surface area contributed by atoms with Crippen LogP contribution in [0, 0.1) is 0 Å². The first-order chi connectivity index (χ1) is 9.38. The lowest BCUT2D eigenvalue weighted by molar-refractivity contribution is -0.140. The number of aromatic nitrogens is 2. The minimum absolute atomic E-state index is 0.320. The third-order valence-electron chi connectivity index (χ3n) is 2.47. The van der Waals surface area contributed by atoms with Crippen molar-refractivity contribution in [1.82, 2.24) is 20.4 Å². The number of carboxylic acid groups (broad SMARTS) is 1. The predicted molar refractivity (Wildman–Crippen MR) is 68.7 cm³/mol. The van der Waals surface area contributed by atoms with Gasteiger partial charge in [-0.3, -0.25) is 9.48 Å². The highest BCUT2D eigenvalue weighted by atomic mass is 16.4. The first-order valence-corrected chi connectivity index (χ1v) is 5.91. The number of urea groups is 1. The highest BCUT2D eigenvalue weighted by molar-refractivity contribution is 5.87. The SMILES string of the molecule is Cn1cc(CCNC(=O)NC(CC(N)=O)C(=O)O)cn1. The number of hydrogen-bond donors (Lipinski definition) is 4. The van der Waals surface area contributed by atoms with Crippen molar-refractivity contribution in [3.8, 4) is 0 Å². The zero-order valence-electron chi connectivity index (χ0n) is 11.0. The van der Waals surface area contributed by atoms with E-state index < -0.39 is 30.4 Å². The second-order valence-corrected chi connectivity index (χ2v) is 4.23. The molecule has 9 heteroatoms. The highest BCUT2D eigenvalue weighted by Crippen LogP contribution is 1.96. The summed E-state index contributed by atoms with van der Waals surface area (Å²) in [4.78, 5) is 33.0. The van der Waals surface area contributed by atoms with Gasteiger partial charge >= 0.3 is 12.0 Å². The fraction of sp³-hybridized carbons (Fsp3) is 0.455. The smallest absolute Gasteiger partial charge is 0.326 e. The third kappa shape index (κ3) is 5.38. The van der Waals surface area contributed by atoms with Gasteiger partial charge in [0.2, 0.25) is 5.91 Å². The maximum Gasteiger partial charge on any atom is 0.326 e. The van der Waals surface area contributed by atoms with Gasteiger partial charge in [0.05, 0.1) is 12.6 Å². The van der Waals surface area contributed by atoms with Gasteiger partial charge in [0, 0.05) is 19.8 Å². The van der Waals surface area contributed by atoms with Crippen molar-refractivity contribution in [1.29, 1.82) is 0 Å². The molecule has 1 unspecified atom stereocenters. The Morgan fingerprint density at radius 3 is 2.70 bits per heavy atom. The molecule has 1 atom stereocenters. The lowest BCUT2D eigenvalue weighted by Crippen LogP contribution is -2.48. The van der Waals surface area contributed by atoms with Crippen LogP contribution >= 0.6 is 0 Å². The normalized spacial score (nSPS) is 11.7. The van der Waals surface area contributed by atoms with Crippen LogP contribution in [0.15, 0.2) is 12.4 Å². The zero-order chi connectivity index (χ0) is 15.1. The number of nitrogens with one attached hydrogen (secondary N) is 2. The molecule has 0 aromatic carbocycles. The van der Waals surface area contributed by atoms with E-state index >= 15 is 0 Å². The van der Waals surface area contributed by atoms with Crippen LogP contribution in [0.5, 0.6) is 0 Å². The van der Waals surface area contributed by atoms with E-state index in [1.54, 1.807) is 17.9 Å². The average molecular weight is 283 g/mol. The fourth-order valence-corrected chi connectivity index (χ4v) is 1.53. The number of aryl methyl sites for hydroxylation is 1. The number of hydrogen-bond acceptors (Lipinski definition) is 4. The largest absolute Gasteiger partial charge is 0.480 e. The van der Waals surface area contributed by atoms with Crippen molar-refractivity contribution in [2.24, 2.45) is 12.8 Å². The van der Waals surface area contributed by atoms with Gasteiger partial charge in [0.15, 0.2) is 0 Å². The van der Waals surface area contributed by atoms with Gasteiger partial charge in [0.25, 0.3) is 0 Å². The summed E-state index contributed by atoms with van der Waals surface area (Å²) in [6.45, 7) is 0.320. The number of rotatable bonds is 7. The molecule has 9 nitrogen and oxygen atoms in total. The molecule has 0 spiro atoms. The molecule has 1 rings (SSSR count). The molecule has 1 heterocycles. The number of nitrogens with zero attached hydrogens (tertiary/aromatic N) is 2. The number of carbonyl (C=O) groups is 3. The molecule has 0 bridgehead atoms. The Morgan fingerprint density at radius 2 is 2.20 bits per heavy atom. The molecule has 5 N–H and O–H groups in total. The van der Waals surface area contributed by atoms with Crippen molar-refractivity contribution in [2.75, 3.05) is 6.54 Å². The van der Waals surface area contributed by atoms with E-state index in [2.05, 4.69) is 15.7 Å². The predicted octanol–water partition coefficient (Wildman–Crippen LogP) is -1.41. The standard InChI is InChI=1S/C11H17N5O4/c1-16-6-7(5-14-16)2-3-13-11(20)15-8(10(18)19)4-9(12)17/h5-6,8H,2-4H2,1H3,(H2,12,17)(H,18,19)(H2,13,15,20). The first kappa shape index (κ1) is 15.5. The van der Waals surface area contributed by atoms with E-state index in [0.29, 0.717) is 13.0 Å². The molecular weight excluding hydrogens is 266 g/mol. The molecule has 0 aliphatic rings. The van der Waals surface area contributed by atoms with Crippen molar-refractivity contribution in [2.45, 2.75) is 18.9 Å². The maximum atomic E-state index is 11.5. The Balaban J connectivity index is 2.34. The summed E-state index contributed by atoms with van der Waals surface area (Å²) in [5.41, 5.74) is 5.85. The summed E-state index contributed by atoms with van der Waals surface area (Å²) in [6.07, 6.45) is 3.60. The van der Waals surface area contributed by atoms with Crippen LogP contribution in [0.4, 0.5) is 4.79 Å². The first-order valence-electron chi connectivity index (χ1n) is 5.91. The van der Waals surface area contributed by atoms with Crippen LogP contribution in [0.1, 0.15) is 12.0 Å². The number of carboxylic acids is 1. The number of amides is 3. The summed E-state index contributed by atoms with van der Waals surface area (Å²) in [5, 5.41) is 17.5. The summed E-state index contributed by atoms with van der Waals surface area (Å²) in [6, 6.07) is -1.99. The van der Waals surface area contributed by atoms with Crippen LogP contribution in [-0.2, 0) is 23.1 Å². The molecule has 3 amide bonds. The van der Waals surface area contributed by atoms with Gasteiger partial charge in [0.1, 0.15) is 6.04 Å². The van der Waals surface area contributed by atoms with E-state index in [1.807, 2.05) is 6.20 Å². The molecule has 110 valence electrons. The van der Waals surface area contributed by atoms with Crippen molar-refractivity contribution in [3.63, 3.8) is 0 Å². The molecular formula is C11H17N5O4. The quantitative estimate of drug-likeness (QED) is 0.487. The molecule has 20 heavy (non-hydrogen) atoms. The van der Waals surface area contributed by atoms with Gasteiger partial charge in [-0.05, 0) is 12.0 Å². The number of primary amides is 1. The number of aliphatic carboxylic acids is 1. The zero-order valence-corrected chi connectivity index (χ0v) is 11.0. The van der Waals surface area contributed by atoms with Gasteiger partial charge in [-0.15, -0.1) is 0 Å². The van der Waals surface area contributed by atoms with Gasteiger partial charge in [-0.1, -0.05) is 0 Å². The Labute approximate surface area is 115 Å². The molecule has 0 saturated carbocycles. The van der Waals surface area contributed by atoms with E-state index in [4.69, 9.17) is 10.8 Å². The van der Waals surface area contributed by atoms with Gasteiger partial charge in [-0.2, -0.15) is 5.10 Å². The Hall–Kier alpha value is -2.58. The Kier molecular flexibility index (Phi) is 5.51. The topological polar surface area (TPSA) is 139 Å². The fourth-order valence-electron chi connectivity index (χ4n) is 1.53. The highest BCUT2D eigenvalue weighted by Gasteiger charge is 2.21. The monoisotopic (exact) mass is 283 g/mol. The minimum Gasteiger partial charge on any atom is -0.480 e. The van der Waals surface area contributed by atoms with Crippen LogP contribution in [0.2, 0.25) is 0 Å². The molecule has 0 radical (unpaired) electrons. The second kappa shape index (κ2) is 7.12. The molecule has 1 aromatic heterocycles. The lowest BCUT2D eigenvalue weighted by Gasteiger charge is -2.13. The number of carbonyl (C=O) groups excluding carboxylic acids is 2. The van der Waals surface area contributed by atoms with E-state index in [1.165, 1.54) is 0 Å². The van der Waals surface area contributed by atoms with E-state index in [0.717, 1.165) is 5.56 Å². The van der Waals surface area contributed by atoms with Crippen LogP contribution in [-0.4, -0.2) is 45.4 Å². The molecule has 0 aliphatic heterocycles. The van der Waals surface area contributed by atoms with Crippen LogP contribution < -0.4 is 16.4 Å². The van der Waals surface area contributed by atoms with Gasteiger partial charge < -0.3 is 21.5 Å². The maximum absolute atomic E-state index is 11.5. The third-order valence-corrected chi connectivity index (χ3v) is 2.47. The van der Waals surface area contributed by atoms with Crippen molar-refractivity contribution in [3.05, 3.63) is 18.0 Å². The average Bonchev–Trinajstić information content (AvgIpc) is 2.73. The number of nitrogens with two attached hydrogens (primary N) is 1. The molecule has 1 aromatic rings. The summed E-state index contributed by atoms with van der Waals surface area (Å²) in [5.74, 6) is -2.11. The van der Waals surface area contributed by atoms with E-state index in [-0.39, 0.29) is 0 Å². The molecule has 0 fully saturated rings. The van der Waals surface area contributed by atoms with E-state index in [9.17, 15) is 14.4 Å². The summed E-state index contributed by atoms with van der Waals surface area (Å²) >= 11 is 0. The van der Waals surface area contributed by atoms with Crippen LogP contribution in [0.25, 0.3) is 0 Å². The molecule has 0 saturated heterocycles. The minimum atomic E-state index is -1.33.